The van der Waals surface area contributed by atoms with Gasteiger partial charge in [0, 0.05) is 32.7 Å². The molecule has 0 saturated carbocycles. The number of amides is 3. The van der Waals surface area contributed by atoms with E-state index in [2.05, 4.69) is 5.32 Å². The summed E-state index contributed by atoms with van der Waals surface area (Å²) in [4.78, 5) is 40.6. The van der Waals surface area contributed by atoms with Crippen molar-refractivity contribution >= 4 is 17.9 Å². The maximum Gasteiger partial charge on any atom is 0.409 e. The first kappa shape index (κ1) is 19.2. The second-order valence-electron chi connectivity index (χ2n) is 5.75. The molecule has 0 bridgehead atoms. The van der Waals surface area contributed by atoms with Gasteiger partial charge >= 0.3 is 6.09 Å². The van der Waals surface area contributed by atoms with Crippen molar-refractivity contribution in [2.45, 2.75) is 19.8 Å². The zero-order valence-electron chi connectivity index (χ0n) is 14.3. The van der Waals surface area contributed by atoms with Crippen molar-refractivity contribution in [1.82, 2.24) is 20.0 Å². The summed E-state index contributed by atoms with van der Waals surface area (Å²) in [5, 5.41) is 2.75. The van der Waals surface area contributed by atoms with Gasteiger partial charge in [0.05, 0.1) is 6.61 Å². The Bertz CT molecular complexity index is 406. The maximum absolute atomic E-state index is 12.1. The topological polar surface area (TPSA) is 82.2 Å². The predicted molar refractivity (Wildman–Crippen MR) is 86.0 cm³/mol. The molecular weight excluding hydrogens is 300 g/mol. The molecule has 23 heavy (non-hydrogen) atoms. The van der Waals surface area contributed by atoms with E-state index >= 15 is 0 Å². The monoisotopic (exact) mass is 328 g/mol. The fourth-order valence-electron chi connectivity index (χ4n) is 2.29. The van der Waals surface area contributed by atoms with Crippen molar-refractivity contribution in [1.29, 1.82) is 0 Å². The Labute approximate surface area is 137 Å². The first-order valence-electron chi connectivity index (χ1n) is 8.05. The molecule has 8 nitrogen and oxygen atoms in total. The average molecular weight is 328 g/mol. The number of hydrogen-bond donors (Lipinski definition) is 1. The van der Waals surface area contributed by atoms with Gasteiger partial charge in [0.2, 0.25) is 11.8 Å². The van der Waals surface area contributed by atoms with E-state index in [9.17, 15) is 14.4 Å². The van der Waals surface area contributed by atoms with Gasteiger partial charge in [-0.1, -0.05) is 0 Å². The van der Waals surface area contributed by atoms with E-state index < -0.39 is 0 Å². The van der Waals surface area contributed by atoms with Crippen LogP contribution in [0.5, 0.6) is 0 Å². The number of piperazine rings is 1. The third-order valence-electron chi connectivity index (χ3n) is 3.57. The van der Waals surface area contributed by atoms with E-state index in [1.165, 1.54) is 0 Å². The van der Waals surface area contributed by atoms with Crippen LogP contribution >= 0.6 is 0 Å². The van der Waals surface area contributed by atoms with Crippen molar-refractivity contribution < 1.29 is 19.1 Å². The van der Waals surface area contributed by atoms with E-state index in [0.29, 0.717) is 39.3 Å². The van der Waals surface area contributed by atoms with Gasteiger partial charge in [0.25, 0.3) is 0 Å². The molecule has 1 saturated heterocycles. The molecule has 1 rings (SSSR count). The SMILES string of the molecule is CCOC(=O)N1CCN(C(=O)CC(=O)NCCCN(C)C)CC1. The van der Waals surface area contributed by atoms with Crippen LogP contribution < -0.4 is 5.32 Å². The van der Waals surface area contributed by atoms with Gasteiger partial charge in [0.15, 0.2) is 0 Å². The quantitative estimate of drug-likeness (QED) is 0.514. The minimum absolute atomic E-state index is 0.138. The summed E-state index contributed by atoms with van der Waals surface area (Å²) >= 11 is 0. The molecule has 0 unspecified atom stereocenters. The third kappa shape index (κ3) is 7.32. The minimum Gasteiger partial charge on any atom is -0.450 e. The van der Waals surface area contributed by atoms with Crippen LogP contribution in [0, 0.1) is 0 Å². The van der Waals surface area contributed by atoms with E-state index in [1.54, 1.807) is 16.7 Å². The van der Waals surface area contributed by atoms with Gasteiger partial charge in [-0.25, -0.2) is 4.79 Å². The molecular formula is C15H28N4O4. The molecule has 3 amide bonds. The van der Waals surface area contributed by atoms with E-state index in [1.807, 2.05) is 19.0 Å². The Morgan fingerprint density at radius 1 is 1.09 bits per heavy atom. The molecule has 132 valence electrons. The standard InChI is InChI=1S/C15H28N4O4/c1-4-23-15(22)19-10-8-18(9-11-19)14(21)12-13(20)16-6-5-7-17(2)3/h4-12H2,1-3H3,(H,16,20). The van der Waals surface area contributed by atoms with E-state index in [0.717, 1.165) is 13.0 Å². The highest BCUT2D eigenvalue weighted by Gasteiger charge is 2.25. The summed E-state index contributed by atoms with van der Waals surface area (Å²) in [6.07, 6.45) is 0.366. The summed E-state index contributed by atoms with van der Waals surface area (Å²) in [7, 11) is 3.95. The fraction of sp³-hybridized carbons (Fsp3) is 0.800. The summed E-state index contributed by atoms with van der Waals surface area (Å²) in [6, 6.07) is 0. The number of nitrogens with zero attached hydrogens (tertiary/aromatic N) is 3. The summed E-state index contributed by atoms with van der Waals surface area (Å²) in [5.74, 6) is -0.444. The zero-order valence-corrected chi connectivity index (χ0v) is 14.3. The lowest BCUT2D eigenvalue weighted by Gasteiger charge is -2.34. The largest absolute Gasteiger partial charge is 0.450 e. The zero-order chi connectivity index (χ0) is 17.2. The number of nitrogens with one attached hydrogen (secondary N) is 1. The predicted octanol–water partition coefficient (Wildman–Crippen LogP) is -0.255. The first-order valence-corrected chi connectivity index (χ1v) is 8.05. The summed E-state index contributed by atoms with van der Waals surface area (Å²) in [5.41, 5.74) is 0. The van der Waals surface area contributed by atoms with Crippen molar-refractivity contribution in [2.75, 3.05) is 60.0 Å². The molecule has 0 aliphatic carbocycles. The van der Waals surface area contributed by atoms with Crippen LogP contribution in [0.1, 0.15) is 19.8 Å². The number of hydrogen-bond acceptors (Lipinski definition) is 5. The molecule has 0 aromatic heterocycles. The Balaban J connectivity index is 2.23. The smallest absolute Gasteiger partial charge is 0.409 e. The molecule has 1 heterocycles. The van der Waals surface area contributed by atoms with Crippen molar-refractivity contribution in [3.63, 3.8) is 0 Å². The van der Waals surface area contributed by atoms with Crippen LogP contribution in [0.15, 0.2) is 0 Å². The highest BCUT2D eigenvalue weighted by atomic mass is 16.6. The van der Waals surface area contributed by atoms with Gasteiger partial charge in [-0.2, -0.15) is 0 Å². The van der Waals surface area contributed by atoms with Crippen LogP contribution in [0.3, 0.4) is 0 Å². The Morgan fingerprint density at radius 2 is 1.70 bits per heavy atom. The van der Waals surface area contributed by atoms with Crippen LogP contribution in [0.2, 0.25) is 0 Å². The Kier molecular flexibility index (Phi) is 8.39. The maximum atomic E-state index is 12.1. The third-order valence-corrected chi connectivity index (χ3v) is 3.57. The molecule has 8 heteroatoms. The molecule has 0 aromatic rings. The van der Waals surface area contributed by atoms with Crippen LogP contribution in [-0.2, 0) is 14.3 Å². The molecule has 1 aliphatic rings. The molecule has 0 atom stereocenters. The van der Waals surface area contributed by atoms with E-state index in [4.69, 9.17) is 4.74 Å². The van der Waals surface area contributed by atoms with Gasteiger partial charge in [0.1, 0.15) is 6.42 Å². The second kappa shape index (κ2) is 10.0. The molecule has 0 spiro atoms. The number of rotatable bonds is 7. The lowest BCUT2D eigenvalue weighted by atomic mass is 10.2. The highest BCUT2D eigenvalue weighted by molar-refractivity contribution is 5.96. The first-order chi connectivity index (χ1) is 10.9. The summed E-state index contributed by atoms with van der Waals surface area (Å²) in [6.45, 7) is 5.31. The van der Waals surface area contributed by atoms with Crippen molar-refractivity contribution in [3.05, 3.63) is 0 Å². The van der Waals surface area contributed by atoms with Crippen LogP contribution in [-0.4, -0.2) is 92.6 Å². The number of carbonyl (C=O) groups excluding carboxylic acids is 3. The molecule has 0 aromatic carbocycles. The van der Waals surface area contributed by atoms with Crippen LogP contribution in [0.4, 0.5) is 4.79 Å². The molecule has 0 radical (unpaired) electrons. The molecule has 1 fully saturated rings. The lowest BCUT2D eigenvalue weighted by molar-refractivity contribution is -0.137. The Hall–Kier alpha value is -1.83. The van der Waals surface area contributed by atoms with Crippen molar-refractivity contribution in [3.8, 4) is 0 Å². The lowest BCUT2D eigenvalue weighted by Crippen LogP contribution is -2.51. The second-order valence-corrected chi connectivity index (χ2v) is 5.75. The summed E-state index contributed by atoms with van der Waals surface area (Å²) < 4.78 is 4.93. The highest BCUT2D eigenvalue weighted by Crippen LogP contribution is 2.05. The molecule has 1 N–H and O–H groups in total. The minimum atomic E-state index is -0.349. The average Bonchev–Trinajstić information content (AvgIpc) is 2.51. The van der Waals surface area contributed by atoms with Gasteiger partial charge in [-0.3, -0.25) is 9.59 Å². The van der Waals surface area contributed by atoms with Crippen molar-refractivity contribution in [2.24, 2.45) is 0 Å². The number of carbonyl (C=O) groups is 3. The normalized spacial score (nSPS) is 14.8. The van der Waals surface area contributed by atoms with Crippen LogP contribution in [0.25, 0.3) is 0 Å². The fourth-order valence-corrected chi connectivity index (χ4v) is 2.29. The Morgan fingerprint density at radius 3 is 2.26 bits per heavy atom. The van der Waals surface area contributed by atoms with Gasteiger partial charge in [-0.05, 0) is 34.0 Å². The van der Waals surface area contributed by atoms with Gasteiger partial charge < -0.3 is 24.8 Å². The molecule has 1 aliphatic heterocycles. The van der Waals surface area contributed by atoms with Gasteiger partial charge in [-0.15, -0.1) is 0 Å². The van der Waals surface area contributed by atoms with E-state index in [-0.39, 0.29) is 24.3 Å². The number of ether oxygens (including phenoxy) is 1.